The molecule has 0 aliphatic carbocycles. The van der Waals surface area contributed by atoms with Crippen LogP contribution >= 0.6 is 0 Å². The molecule has 3 heteroatoms. The Bertz CT molecular complexity index is 256. The molecule has 3 nitrogen and oxygen atoms in total. The summed E-state index contributed by atoms with van der Waals surface area (Å²) in [7, 11) is 3.62. The monoisotopic (exact) mass is 195 g/mol. The fourth-order valence-corrected chi connectivity index (χ4v) is 1.37. The summed E-state index contributed by atoms with van der Waals surface area (Å²) in [5.74, 6) is 0.199. The van der Waals surface area contributed by atoms with Crippen molar-refractivity contribution in [2.24, 2.45) is 0 Å². The van der Waals surface area contributed by atoms with Gasteiger partial charge in [-0.1, -0.05) is 12.2 Å². The van der Waals surface area contributed by atoms with Crippen LogP contribution in [0, 0.1) is 0 Å². The number of ether oxygens (including phenoxy) is 1. The van der Waals surface area contributed by atoms with Crippen molar-refractivity contribution in [1.82, 2.24) is 4.90 Å². The maximum absolute atomic E-state index is 11.6. The number of carbonyl (C=O) groups excluding carboxylic acids is 1. The highest BCUT2D eigenvalue weighted by molar-refractivity contribution is 5.98. The number of hydrogen-bond donors (Lipinski definition) is 0. The van der Waals surface area contributed by atoms with E-state index in [9.17, 15) is 4.79 Å². The zero-order valence-electron chi connectivity index (χ0n) is 8.82. The van der Waals surface area contributed by atoms with E-state index in [0.29, 0.717) is 13.0 Å². The first-order valence-electron chi connectivity index (χ1n) is 4.85. The van der Waals surface area contributed by atoms with Crippen LogP contribution in [0.3, 0.4) is 0 Å². The molecule has 0 saturated heterocycles. The minimum atomic E-state index is 0.199. The number of nitrogens with zero attached hydrogens (tertiary/aromatic N) is 1. The summed E-state index contributed by atoms with van der Waals surface area (Å²) < 4.78 is 4.90. The fraction of sp³-hybridized carbons (Fsp3) is 0.545. The van der Waals surface area contributed by atoms with E-state index in [0.717, 1.165) is 18.5 Å². The standard InChI is InChI=1S/C11H17NO2/c1-12-7-3-5-10(9-12)11(13)6-4-8-14-2/h3,5,9H,4,6-8H2,1-2H3. The van der Waals surface area contributed by atoms with Gasteiger partial charge in [-0.3, -0.25) is 4.79 Å². The summed E-state index contributed by atoms with van der Waals surface area (Å²) >= 11 is 0. The normalized spacial score (nSPS) is 15.6. The van der Waals surface area contributed by atoms with E-state index in [1.54, 1.807) is 7.11 Å². The summed E-state index contributed by atoms with van der Waals surface area (Å²) in [5.41, 5.74) is 0.801. The van der Waals surface area contributed by atoms with Crippen molar-refractivity contribution in [2.45, 2.75) is 12.8 Å². The van der Waals surface area contributed by atoms with E-state index >= 15 is 0 Å². The van der Waals surface area contributed by atoms with E-state index in [-0.39, 0.29) is 5.78 Å². The molecule has 1 aliphatic heterocycles. The first-order valence-corrected chi connectivity index (χ1v) is 4.85. The Morgan fingerprint density at radius 3 is 3.07 bits per heavy atom. The molecule has 1 heterocycles. The van der Waals surface area contributed by atoms with Gasteiger partial charge in [0.2, 0.25) is 0 Å². The highest BCUT2D eigenvalue weighted by Crippen LogP contribution is 2.09. The van der Waals surface area contributed by atoms with Gasteiger partial charge in [0.25, 0.3) is 0 Å². The molecular weight excluding hydrogens is 178 g/mol. The van der Waals surface area contributed by atoms with Crippen LogP contribution in [0.25, 0.3) is 0 Å². The number of Topliss-reactive ketones (excluding diaryl/α,β-unsaturated/α-hetero) is 1. The minimum absolute atomic E-state index is 0.199. The first kappa shape index (κ1) is 11.0. The van der Waals surface area contributed by atoms with E-state index in [4.69, 9.17) is 4.74 Å². The fourth-order valence-electron chi connectivity index (χ4n) is 1.37. The first-order chi connectivity index (χ1) is 6.74. The van der Waals surface area contributed by atoms with Crippen molar-refractivity contribution in [3.05, 3.63) is 23.9 Å². The maximum Gasteiger partial charge on any atom is 0.164 e. The lowest BCUT2D eigenvalue weighted by molar-refractivity contribution is -0.115. The van der Waals surface area contributed by atoms with Crippen molar-refractivity contribution in [2.75, 3.05) is 27.3 Å². The lowest BCUT2D eigenvalue weighted by Gasteiger charge is -2.16. The van der Waals surface area contributed by atoms with Crippen molar-refractivity contribution >= 4 is 5.78 Å². The molecule has 0 aromatic carbocycles. The number of ketones is 1. The molecule has 0 aromatic heterocycles. The zero-order chi connectivity index (χ0) is 10.4. The van der Waals surface area contributed by atoms with Crippen LogP contribution in [0.4, 0.5) is 0 Å². The zero-order valence-corrected chi connectivity index (χ0v) is 8.82. The van der Waals surface area contributed by atoms with Crippen molar-refractivity contribution in [1.29, 1.82) is 0 Å². The highest BCUT2D eigenvalue weighted by Gasteiger charge is 2.09. The highest BCUT2D eigenvalue weighted by atomic mass is 16.5. The van der Waals surface area contributed by atoms with Crippen LogP contribution in [0.5, 0.6) is 0 Å². The number of methoxy groups -OCH3 is 1. The molecule has 0 unspecified atom stereocenters. The summed E-state index contributed by atoms with van der Waals surface area (Å²) in [6.07, 6.45) is 7.16. The van der Waals surface area contributed by atoms with Gasteiger partial charge in [-0.05, 0) is 6.42 Å². The Hall–Kier alpha value is -1.09. The van der Waals surface area contributed by atoms with Gasteiger partial charge in [-0.2, -0.15) is 0 Å². The Kier molecular flexibility index (Phi) is 4.40. The molecule has 0 aromatic rings. The minimum Gasteiger partial charge on any atom is -0.385 e. The second-order valence-electron chi connectivity index (χ2n) is 3.45. The van der Waals surface area contributed by atoms with Gasteiger partial charge in [-0.25, -0.2) is 0 Å². The second-order valence-corrected chi connectivity index (χ2v) is 3.45. The predicted molar refractivity (Wildman–Crippen MR) is 56.0 cm³/mol. The smallest absolute Gasteiger partial charge is 0.164 e. The van der Waals surface area contributed by atoms with Crippen molar-refractivity contribution in [3.63, 3.8) is 0 Å². The Morgan fingerprint density at radius 2 is 2.43 bits per heavy atom. The van der Waals surface area contributed by atoms with Crippen LogP contribution in [0.2, 0.25) is 0 Å². The van der Waals surface area contributed by atoms with Crippen LogP contribution in [-0.2, 0) is 9.53 Å². The Balaban J connectivity index is 2.40. The largest absolute Gasteiger partial charge is 0.385 e. The van der Waals surface area contributed by atoms with Gasteiger partial charge in [0.1, 0.15) is 0 Å². The third kappa shape index (κ3) is 3.34. The number of rotatable bonds is 5. The van der Waals surface area contributed by atoms with Gasteiger partial charge < -0.3 is 9.64 Å². The third-order valence-electron chi connectivity index (χ3n) is 2.12. The molecule has 0 amide bonds. The third-order valence-corrected chi connectivity index (χ3v) is 2.12. The average Bonchev–Trinajstić information content (AvgIpc) is 2.18. The predicted octanol–water partition coefficient (Wildman–Crippen LogP) is 1.37. The SMILES string of the molecule is COCCCC(=O)C1=CN(C)CC=C1. The van der Waals surface area contributed by atoms with E-state index in [1.165, 1.54) is 0 Å². The lowest BCUT2D eigenvalue weighted by atomic mass is 10.1. The average molecular weight is 195 g/mol. The summed E-state index contributed by atoms with van der Waals surface area (Å²) in [6, 6.07) is 0. The lowest BCUT2D eigenvalue weighted by Crippen LogP contribution is -2.17. The Labute approximate surface area is 85.0 Å². The molecule has 0 spiro atoms. The van der Waals surface area contributed by atoms with E-state index < -0.39 is 0 Å². The van der Waals surface area contributed by atoms with Crippen LogP contribution in [0.15, 0.2) is 23.9 Å². The van der Waals surface area contributed by atoms with Gasteiger partial charge in [0, 0.05) is 45.5 Å². The number of carbonyl (C=O) groups is 1. The number of likely N-dealkylation sites (N-methyl/N-ethyl adjacent to an activating group) is 1. The molecule has 78 valence electrons. The van der Waals surface area contributed by atoms with Crippen LogP contribution in [0.1, 0.15) is 12.8 Å². The maximum atomic E-state index is 11.6. The van der Waals surface area contributed by atoms with E-state index in [2.05, 4.69) is 0 Å². The molecular formula is C11H17NO2. The topological polar surface area (TPSA) is 29.5 Å². The molecule has 0 atom stereocenters. The van der Waals surface area contributed by atoms with Crippen LogP contribution < -0.4 is 0 Å². The second kappa shape index (κ2) is 5.60. The Morgan fingerprint density at radius 1 is 1.64 bits per heavy atom. The van der Waals surface area contributed by atoms with Crippen LogP contribution in [-0.4, -0.2) is 38.0 Å². The van der Waals surface area contributed by atoms with Gasteiger partial charge in [-0.15, -0.1) is 0 Å². The van der Waals surface area contributed by atoms with Crippen molar-refractivity contribution < 1.29 is 9.53 Å². The molecule has 0 bridgehead atoms. The molecule has 14 heavy (non-hydrogen) atoms. The number of hydrogen-bond acceptors (Lipinski definition) is 3. The van der Waals surface area contributed by atoms with Gasteiger partial charge in [0.15, 0.2) is 5.78 Å². The summed E-state index contributed by atoms with van der Waals surface area (Å²) in [4.78, 5) is 13.6. The summed E-state index contributed by atoms with van der Waals surface area (Å²) in [6.45, 7) is 1.54. The van der Waals surface area contributed by atoms with Gasteiger partial charge >= 0.3 is 0 Å². The van der Waals surface area contributed by atoms with Crippen molar-refractivity contribution in [3.8, 4) is 0 Å². The van der Waals surface area contributed by atoms with E-state index in [1.807, 2.05) is 30.3 Å². The quantitative estimate of drug-likeness (QED) is 0.620. The molecule has 1 rings (SSSR count). The molecule has 0 radical (unpaired) electrons. The molecule has 0 N–H and O–H groups in total. The number of allylic oxidation sites excluding steroid dienone is 2. The summed E-state index contributed by atoms with van der Waals surface area (Å²) in [5, 5.41) is 0. The molecule has 0 saturated carbocycles. The molecule has 1 aliphatic rings. The van der Waals surface area contributed by atoms with Gasteiger partial charge in [0.05, 0.1) is 0 Å². The molecule has 0 fully saturated rings.